The third-order valence-corrected chi connectivity index (χ3v) is 4.50. The monoisotopic (exact) mass is 362 g/mol. The standard InChI is InChI=1S/C15H15ClN6OS/c1-10-13(11-2-4-17-5-3-11)24-15(20-10)21-14(23)18-6-7-22-9-12(16)8-19-22/h2-5,8-9H,6-7H2,1H3,(H2,18,20,21,23). The highest BCUT2D eigenvalue weighted by molar-refractivity contribution is 7.19. The molecule has 2 amide bonds. The third kappa shape index (κ3) is 4.09. The molecule has 0 radical (unpaired) electrons. The summed E-state index contributed by atoms with van der Waals surface area (Å²) < 4.78 is 1.66. The Morgan fingerprint density at radius 2 is 2.17 bits per heavy atom. The molecule has 3 heterocycles. The molecule has 0 atom stereocenters. The summed E-state index contributed by atoms with van der Waals surface area (Å²) in [5.41, 5.74) is 1.90. The minimum absolute atomic E-state index is 0.303. The predicted octanol–water partition coefficient (Wildman–Crippen LogP) is 3.19. The van der Waals surface area contributed by atoms with E-state index in [2.05, 4.69) is 25.7 Å². The lowest BCUT2D eigenvalue weighted by atomic mass is 10.2. The quantitative estimate of drug-likeness (QED) is 0.730. The topological polar surface area (TPSA) is 84.7 Å². The first-order chi connectivity index (χ1) is 11.6. The molecule has 0 unspecified atom stereocenters. The average molecular weight is 363 g/mol. The van der Waals surface area contributed by atoms with Crippen LogP contribution in [0.4, 0.5) is 9.93 Å². The number of hydrogen-bond acceptors (Lipinski definition) is 5. The molecule has 24 heavy (non-hydrogen) atoms. The molecular weight excluding hydrogens is 348 g/mol. The summed E-state index contributed by atoms with van der Waals surface area (Å²) in [6.07, 6.45) is 6.72. The molecule has 2 N–H and O–H groups in total. The van der Waals surface area contributed by atoms with E-state index in [0.29, 0.717) is 23.2 Å². The van der Waals surface area contributed by atoms with Crippen molar-refractivity contribution in [2.75, 3.05) is 11.9 Å². The van der Waals surface area contributed by atoms with Crippen molar-refractivity contribution in [2.24, 2.45) is 0 Å². The van der Waals surface area contributed by atoms with E-state index in [0.717, 1.165) is 16.1 Å². The number of rotatable bonds is 5. The van der Waals surface area contributed by atoms with Crippen LogP contribution in [0.3, 0.4) is 0 Å². The van der Waals surface area contributed by atoms with E-state index in [-0.39, 0.29) is 6.03 Å². The summed E-state index contributed by atoms with van der Waals surface area (Å²) in [6, 6.07) is 3.53. The number of amides is 2. The lowest BCUT2D eigenvalue weighted by Crippen LogP contribution is -2.31. The van der Waals surface area contributed by atoms with Gasteiger partial charge in [-0.15, -0.1) is 0 Å². The smallest absolute Gasteiger partial charge is 0.321 e. The fraction of sp³-hybridized carbons (Fsp3) is 0.200. The van der Waals surface area contributed by atoms with Gasteiger partial charge >= 0.3 is 6.03 Å². The number of nitrogens with one attached hydrogen (secondary N) is 2. The molecule has 0 bridgehead atoms. The second kappa shape index (κ2) is 7.41. The fourth-order valence-electron chi connectivity index (χ4n) is 2.11. The number of urea groups is 1. The van der Waals surface area contributed by atoms with Crippen LogP contribution < -0.4 is 10.6 Å². The first-order valence-corrected chi connectivity index (χ1v) is 8.42. The minimum Gasteiger partial charge on any atom is -0.336 e. The third-order valence-electron chi connectivity index (χ3n) is 3.19. The zero-order valence-corrected chi connectivity index (χ0v) is 14.4. The van der Waals surface area contributed by atoms with Gasteiger partial charge in [-0.05, 0) is 24.6 Å². The average Bonchev–Trinajstić information content (AvgIpc) is 3.14. The molecular formula is C15H15ClN6OS. The molecule has 0 aromatic carbocycles. The molecule has 124 valence electrons. The SMILES string of the molecule is Cc1nc(NC(=O)NCCn2cc(Cl)cn2)sc1-c1ccncc1. The van der Waals surface area contributed by atoms with E-state index in [1.54, 1.807) is 29.5 Å². The Balaban J connectivity index is 1.55. The maximum atomic E-state index is 11.9. The van der Waals surface area contributed by atoms with Crippen molar-refractivity contribution in [3.63, 3.8) is 0 Å². The van der Waals surface area contributed by atoms with Crippen LogP contribution in [0.2, 0.25) is 5.02 Å². The number of carbonyl (C=O) groups is 1. The largest absolute Gasteiger partial charge is 0.336 e. The van der Waals surface area contributed by atoms with Gasteiger partial charge in [0.25, 0.3) is 0 Å². The van der Waals surface area contributed by atoms with Gasteiger partial charge in [-0.3, -0.25) is 15.0 Å². The van der Waals surface area contributed by atoms with Crippen LogP contribution in [0.1, 0.15) is 5.69 Å². The molecule has 0 aliphatic heterocycles. The van der Waals surface area contributed by atoms with Crippen molar-refractivity contribution >= 4 is 34.1 Å². The van der Waals surface area contributed by atoms with E-state index in [1.165, 1.54) is 11.3 Å². The predicted molar refractivity (Wildman–Crippen MR) is 94.3 cm³/mol. The van der Waals surface area contributed by atoms with E-state index < -0.39 is 0 Å². The van der Waals surface area contributed by atoms with E-state index in [1.807, 2.05) is 19.1 Å². The van der Waals surface area contributed by atoms with Crippen LogP contribution in [0, 0.1) is 6.92 Å². The number of thiazole rings is 1. The van der Waals surface area contributed by atoms with Gasteiger partial charge in [0.2, 0.25) is 0 Å². The number of anilines is 1. The van der Waals surface area contributed by atoms with Gasteiger partial charge in [-0.25, -0.2) is 9.78 Å². The molecule has 9 heteroatoms. The van der Waals surface area contributed by atoms with Crippen molar-refractivity contribution in [3.8, 4) is 10.4 Å². The van der Waals surface area contributed by atoms with E-state index >= 15 is 0 Å². The molecule has 3 rings (SSSR count). The van der Waals surface area contributed by atoms with Crippen LogP contribution in [-0.4, -0.2) is 32.3 Å². The normalized spacial score (nSPS) is 10.6. The molecule has 3 aromatic heterocycles. The molecule has 0 saturated heterocycles. The Morgan fingerprint density at radius 3 is 2.88 bits per heavy atom. The summed E-state index contributed by atoms with van der Waals surface area (Å²) in [4.78, 5) is 21.3. The first kappa shape index (κ1) is 16.4. The molecule has 0 saturated carbocycles. The summed E-state index contributed by atoms with van der Waals surface area (Å²) in [5, 5.41) is 10.7. The number of halogens is 1. The van der Waals surface area contributed by atoms with Crippen molar-refractivity contribution in [1.82, 2.24) is 25.1 Å². The lowest BCUT2D eigenvalue weighted by Gasteiger charge is -2.05. The van der Waals surface area contributed by atoms with Crippen molar-refractivity contribution in [1.29, 1.82) is 0 Å². The number of pyridine rings is 1. The molecule has 0 aliphatic carbocycles. The van der Waals surface area contributed by atoms with Gasteiger partial charge in [-0.1, -0.05) is 22.9 Å². The molecule has 0 aliphatic rings. The first-order valence-electron chi connectivity index (χ1n) is 7.22. The Labute approximate surface area is 147 Å². The molecule has 0 spiro atoms. The van der Waals surface area contributed by atoms with Gasteiger partial charge in [0.1, 0.15) is 0 Å². The van der Waals surface area contributed by atoms with Crippen LogP contribution >= 0.6 is 22.9 Å². The highest BCUT2D eigenvalue weighted by Crippen LogP contribution is 2.32. The maximum Gasteiger partial charge on any atom is 0.321 e. The molecule has 3 aromatic rings. The summed E-state index contributed by atoms with van der Waals surface area (Å²) in [7, 11) is 0. The lowest BCUT2D eigenvalue weighted by molar-refractivity contribution is 0.251. The van der Waals surface area contributed by atoms with Gasteiger partial charge < -0.3 is 5.32 Å². The Kier molecular flexibility index (Phi) is 5.07. The molecule has 7 nitrogen and oxygen atoms in total. The van der Waals surface area contributed by atoms with Gasteiger partial charge in [0.05, 0.1) is 28.3 Å². The highest BCUT2D eigenvalue weighted by Gasteiger charge is 2.11. The Bertz CT molecular complexity index is 832. The molecule has 0 fully saturated rings. The maximum absolute atomic E-state index is 11.9. The number of aryl methyl sites for hydroxylation is 1. The summed E-state index contributed by atoms with van der Waals surface area (Å²) in [5.74, 6) is 0. The van der Waals surface area contributed by atoms with Crippen molar-refractivity contribution in [2.45, 2.75) is 13.5 Å². The van der Waals surface area contributed by atoms with Crippen molar-refractivity contribution < 1.29 is 4.79 Å². The van der Waals surface area contributed by atoms with Crippen molar-refractivity contribution in [3.05, 3.63) is 47.6 Å². The second-order valence-corrected chi connectivity index (χ2v) is 6.41. The number of nitrogens with zero attached hydrogens (tertiary/aromatic N) is 4. The summed E-state index contributed by atoms with van der Waals surface area (Å²) >= 11 is 7.21. The van der Waals surface area contributed by atoms with E-state index in [9.17, 15) is 4.79 Å². The van der Waals surface area contributed by atoms with E-state index in [4.69, 9.17) is 11.6 Å². The summed E-state index contributed by atoms with van der Waals surface area (Å²) in [6.45, 7) is 2.89. The van der Waals surface area contributed by atoms with Crippen LogP contribution in [-0.2, 0) is 6.54 Å². The van der Waals surface area contributed by atoms with Crippen LogP contribution in [0.5, 0.6) is 0 Å². The number of hydrogen-bond donors (Lipinski definition) is 2. The highest BCUT2D eigenvalue weighted by atomic mass is 35.5. The number of carbonyl (C=O) groups excluding carboxylic acids is 1. The Morgan fingerprint density at radius 1 is 1.38 bits per heavy atom. The van der Waals surface area contributed by atoms with Gasteiger partial charge in [-0.2, -0.15) is 5.10 Å². The minimum atomic E-state index is -0.303. The van der Waals surface area contributed by atoms with Gasteiger partial charge in [0, 0.05) is 25.1 Å². The van der Waals surface area contributed by atoms with Crippen LogP contribution in [0.15, 0.2) is 36.9 Å². The zero-order valence-electron chi connectivity index (χ0n) is 12.9. The zero-order chi connectivity index (χ0) is 16.9. The number of aromatic nitrogens is 4. The fourth-order valence-corrected chi connectivity index (χ4v) is 3.23. The second-order valence-electron chi connectivity index (χ2n) is 4.97. The van der Waals surface area contributed by atoms with Gasteiger partial charge in [0.15, 0.2) is 5.13 Å². The Hall–Kier alpha value is -2.45. The van der Waals surface area contributed by atoms with Crippen LogP contribution in [0.25, 0.3) is 10.4 Å².